The first-order valence-electron chi connectivity index (χ1n) is 4.32. The lowest BCUT2D eigenvalue weighted by Gasteiger charge is -1.89. The van der Waals surface area contributed by atoms with Crippen LogP contribution >= 0.6 is 15.9 Å². The Morgan fingerprint density at radius 1 is 1.07 bits per heavy atom. The van der Waals surface area contributed by atoms with E-state index in [4.69, 9.17) is 4.42 Å². The smallest absolute Gasteiger partial charge is 0.135 e. The van der Waals surface area contributed by atoms with Gasteiger partial charge in [0.15, 0.2) is 0 Å². The average Bonchev–Trinajstić information content (AvgIpc) is 2.56. The normalized spacial score (nSPS) is 11.2. The van der Waals surface area contributed by atoms with Crippen LogP contribution in [-0.2, 0) is 0 Å². The van der Waals surface area contributed by atoms with Crippen LogP contribution in [0.15, 0.2) is 45.3 Å². The fourth-order valence-electron chi connectivity index (χ4n) is 1.64. The van der Waals surface area contributed by atoms with Gasteiger partial charge in [0.25, 0.3) is 0 Å². The van der Waals surface area contributed by atoms with E-state index in [9.17, 15) is 0 Å². The number of fused-ring (bicyclic) bond motifs is 3. The summed E-state index contributed by atoms with van der Waals surface area (Å²) in [4.78, 5) is 0. The number of benzene rings is 2. The van der Waals surface area contributed by atoms with Gasteiger partial charge in [-0.1, -0.05) is 22.0 Å². The fourth-order valence-corrected chi connectivity index (χ4v) is 2.00. The molecule has 0 spiro atoms. The summed E-state index contributed by atoms with van der Waals surface area (Å²) in [6.45, 7) is 0. The molecule has 0 saturated carbocycles. The Balaban J connectivity index is 2.58. The van der Waals surface area contributed by atoms with Crippen molar-refractivity contribution < 1.29 is 4.42 Å². The summed E-state index contributed by atoms with van der Waals surface area (Å²) in [6.07, 6.45) is 0. The summed E-state index contributed by atoms with van der Waals surface area (Å²) in [5.74, 6) is 0. The molecule has 0 aliphatic carbocycles. The van der Waals surface area contributed by atoms with E-state index in [0.717, 1.165) is 26.4 Å². The van der Waals surface area contributed by atoms with Gasteiger partial charge in [-0.05, 0) is 36.4 Å². The number of furan rings is 1. The molecule has 3 aromatic rings. The van der Waals surface area contributed by atoms with Crippen LogP contribution in [0.1, 0.15) is 0 Å². The molecular formula is C12H6BrO. The third-order valence-corrected chi connectivity index (χ3v) is 2.77. The molecule has 0 atom stereocenters. The van der Waals surface area contributed by atoms with Gasteiger partial charge in [-0.3, -0.25) is 0 Å². The molecule has 0 saturated heterocycles. The van der Waals surface area contributed by atoms with Crippen molar-refractivity contribution >= 4 is 37.9 Å². The molecule has 1 heterocycles. The minimum atomic E-state index is 0.914. The largest absolute Gasteiger partial charge is 0.456 e. The van der Waals surface area contributed by atoms with Crippen molar-refractivity contribution in [2.45, 2.75) is 0 Å². The van der Waals surface area contributed by atoms with Crippen LogP contribution < -0.4 is 0 Å². The summed E-state index contributed by atoms with van der Waals surface area (Å²) in [5.41, 5.74) is 1.83. The van der Waals surface area contributed by atoms with Crippen molar-refractivity contribution in [1.29, 1.82) is 0 Å². The highest BCUT2D eigenvalue weighted by Crippen LogP contribution is 2.30. The Morgan fingerprint density at radius 2 is 1.93 bits per heavy atom. The van der Waals surface area contributed by atoms with Crippen molar-refractivity contribution in [3.63, 3.8) is 0 Å². The average molecular weight is 246 g/mol. The van der Waals surface area contributed by atoms with Gasteiger partial charge in [-0.15, -0.1) is 0 Å². The van der Waals surface area contributed by atoms with Crippen LogP contribution in [0.3, 0.4) is 0 Å². The van der Waals surface area contributed by atoms with Crippen molar-refractivity contribution in [1.82, 2.24) is 0 Å². The molecule has 67 valence electrons. The summed E-state index contributed by atoms with van der Waals surface area (Å²) in [7, 11) is 0. The van der Waals surface area contributed by atoms with E-state index in [2.05, 4.69) is 28.1 Å². The zero-order chi connectivity index (χ0) is 9.54. The van der Waals surface area contributed by atoms with E-state index >= 15 is 0 Å². The van der Waals surface area contributed by atoms with Gasteiger partial charge < -0.3 is 4.42 Å². The molecule has 0 aliphatic rings. The zero-order valence-corrected chi connectivity index (χ0v) is 8.84. The highest BCUT2D eigenvalue weighted by molar-refractivity contribution is 9.10. The maximum Gasteiger partial charge on any atom is 0.135 e. The van der Waals surface area contributed by atoms with Crippen LogP contribution in [0.5, 0.6) is 0 Å². The first-order chi connectivity index (χ1) is 6.84. The van der Waals surface area contributed by atoms with Crippen molar-refractivity contribution in [2.75, 3.05) is 0 Å². The first-order valence-corrected chi connectivity index (χ1v) is 5.12. The summed E-state index contributed by atoms with van der Waals surface area (Å²) in [5, 5.41) is 2.25. The highest BCUT2D eigenvalue weighted by atomic mass is 79.9. The minimum absolute atomic E-state index is 0.914. The summed E-state index contributed by atoms with van der Waals surface area (Å²) >= 11 is 3.45. The van der Waals surface area contributed by atoms with E-state index < -0.39 is 0 Å². The molecule has 1 aromatic heterocycles. The molecule has 0 N–H and O–H groups in total. The van der Waals surface area contributed by atoms with Crippen molar-refractivity contribution in [2.24, 2.45) is 0 Å². The minimum Gasteiger partial charge on any atom is -0.456 e. The number of rotatable bonds is 0. The second-order valence-corrected chi connectivity index (χ2v) is 4.08. The lowest BCUT2D eigenvalue weighted by atomic mass is 10.2. The van der Waals surface area contributed by atoms with Crippen molar-refractivity contribution in [3.8, 4) is 0 Å². The van der Waals surface area contributed by atoms with Crippen LogP contribution in [0.4, 0.5) is 0 Å². The first kappa shape index (κ1) is 8.06. The van der Waals surface area contributed by atoms with Gasteiger partial charge in [0.1, 0.15) is 11.2 Å². The second-order valence-electron chi connectivity index (χ2n) is 3.16. The molecule has 1 nitrogen and oxygen atoms in total. The molecule has 0 amide bonds. The number of halogens is 1. The van der Waals surface area contributed by atoms with E-state index in [1.807, 2.05) is 30.3 Å². The lowest BCUT2D eigenvalue weighted by Crippen LogP contribution is -1.66. The molecule has 0 aliphatic heterocycles. The molecule has 0 unspecified atom stereocenters. The standard InChI is InChI=1S/C12H6BrO/c13-8-5-6-12-10(7-8)9-3-1-2-4-11(9)14-12/h2-7H. The van der Waals surface area contributed by atoms with Gasteiger partial charge >= 0.3 is 0 Å². The molecular weight excluding hydrogens is 240 g/mol. The van der Waals surface area contributed by atoms with Gasteiger partial charge in [-0.25, -0.2) is 0 Å². The molecule has 0 fully saturated rings. The Labute approximate surface area is 89.5 Å². The van der Waals surface area contributed by atoms with Crippen LogP contribution in [0.25, 0.3) is 21.9 Å². The topological polar surface area (TPSA) is 13.1 Å². The number of hydrogen-bond donors (Lipinski definition) is 0. The Kier molecular flexibility index (Phi) is 1.64. The second kappa shape index (κ2) is 2.85. The van der Waals surface area contributed by atoms with E-state index in [0.29, 0.717) is 0 Å². The van der Waals surface area contributed by atoms with Crippen LogP contribution in [0.2, 0.25) is 0 Å². The Morgan fingerprint density at radius 3 is 2.86 bits per heavy atom. The third-order valence-electron chi connectivity index (χ3n) is 2.28. The number of hydrogen-bond acceptors (Lipinski definition) is 1. The summed E-state index contributed by atoms with van der Waals surface area (Å²) < 4.78 is 6.73. The predicted octanol–water partition coefficient (Wildman–Crippen LogP) is 4.15. The van der Waals surface area contributed by atoms with Gasteiger partial charge in [0, 0.05) is 15.2 Å². The highest BCUT2D eigenvalue weighted by Gasteiger charge is 2.05. The van der Waals surface area contributed by atoms with Gasteiger partial charge in [0.05, 0.1) is 0 Å². The molecule has 14 heavy (non-hydrogen) atoms. The molecule has 1 radical (unpaired) electrons. The maximum atomic E-state index is 5.67. The maximum absolute atomic E-state index is 5.67. The molecule has 2 aromatic carbocycles. The predicted molar refractivity (Wildman–Crippen MR) is 60.3 cm³/mol. The van der Waals surface area contributed by atoms with E-state index in [1.165, 1.54) is 0 Å². The molecule has 0 bridgehead atoms. The lowest BCUT2D eigenvalue weighted by molar-refractivity contribution is 0.669. The SMILES string of the molecule is Brc1ccc2oc3cc[c]cc3c2c1. The Hall–Kier alpha value is -1.28. The van der Waals surface area contributed by atoms with Crippen LogP contribution in [0, 0.1) is 6.07 Å². The molecule has 2 heteroatoms. The van der Waals surface area contributed by atoms with Gasteiger partial charge in [-0.2, -0.15) is 0 Å². The Bertz CT molecular complexity index is 610. The quantitative estimate of drug-likeness (QED) is 0.580. The summed E-state index contributed by atoms with van der Waals surface area (Å²) in [6, 6.07) is 14.8. The third kappa shape index (κ3) is 1.07. The monoisotopic (exact) mass is 245 g/mol. The van der Waals surface area contributed by atoms with Crippen molar-refractivity contribution in [3.05, 3.63) is 46.9 Å². The molecule has 3 rings (SSSR count). The van der Waals surface area contributed by atoms with Crippen LogP contribution in [-0.4, -0.2) is 0 Å². The van der Waals surface area contributed by atoms with E-state index in [-0.39, 0.29) is 0 Å². The fraction of sp³-hybridized carbons (Fsp3) is 0. The van der Waals surface area contributed by atoms with Gasteiger partial charge in [0.2, 0.25) is 0 Å². The zero-order valence-electron chi connectivity index (χ0n) is 7.25. The van der Waals surface area contributed by atoms with E-state index in [1.54, 1.807) is 0 Å².